The zero-order chi connectivity index (χ0) is 17.0. The maximum Gasteiger partial charge on any atom is 0.341 e. The first-order valence-corrected chi connectivity index (χ1v) is 8.92. The van der Waals surface area contributed by atoms with Gasteiger partial charge in [0, 0.05) is 19.3 Å². The normalized spacial score (nSPS) is 21.5. The fourth-order valence-electron chi connectivity index (χ4n) is 3.10. The molecule has 4 aliphatic heterocycles. The molecule has 1 fully saturated rings. The standard InChI is InChI=1S/C15H15FN4O3S/c1-18-2-4-19(5-3-18)24-8-20-13-9(6-11(16)14(20)24)12(21)10(7-17-13)15(22)23/h6-7H,2-5,8H2,1H3/p+1. The molecule has 0 aromatic heterocycles. The van der Waals surface area contributed by atoms with Crippen LogP contribution in [0.2, 0.25) is 0 Å². The largest absolute Gasteiger partial charge is 0.477 e. The van der Waals surface area contributed by atoms with Crippen molar-refractivity contribution in [1.29, 1.82) is 0 Å². The van der Waals surface area contributed by atoms with E-state index in [9.17, 15) is 14.0 Å². The first kappa shape index (κ1) is 15.6. The van der Waals surface area contributed by atoms with Crippen molar-refractivity contribution in [2.24, 2.45) is 0 Å². The second-order valence-electron chi connectivity index (χ2n) is 6.00. The van der Waals surface area contributed by atoms with Gasteiger partial charge in [0.2, 0.25) is 11.3 Å². The van der Waals surface area contributed by atoms with Gasteiger partial charge in [0.15, 0.2) is 22.7 Å². The summed E-state index contributed by atoms with van der Waals surface area (Å²) in [5, 5.41) is 9.57. The molecule has 4 rings (SSSR count). The van der Waals surface area contributed by atoms with Crippen molar-refractivity contribution in [1.82, 2.24) is 18.8 Å². The monoisotopic (exact) mass is 351 g/mol. The molecule has 24 heavy (non-hydrogen) atoms. The first-order chi connectivity index (χ1) is 11.5. The van der Waals surface area contributed by atoms with E-state index in [-0.39, 0.29) is 16.6 Å². The van der Waals surface area contributed by atoms with Crippen molar-refractivity contribution < 1.29 is 14.3 Å². The summed E-state index contributed by atoms with van der Waals surface area (Å²) in [6.07, 6.45) is 1.06. The van der Waals surface area contributed by atoms with E-state index in [4.69, 9.17) is 5.11 Å². The van der Waals surface area contributed by atoms with Crippen LogP contribution in [0.4, 0.5) is 4.39 Å². The van der Waals surface area contributed by atoms with Crippen LogP contribution in [0.15, 0.2) is 22.1 Å². The molecule has 1 unspecified atom stereocenters. The molecule has 0 aromatic rings. The lowest BCUT2D eigenvalue weighted by molar-refractivity contribution is 0.0695. The van der Waals surface area contributed by atoms with Gasteiger partial charge in [0.1, 0.15) is 5.56 Å². The van der Waals surface area contributed by atoms with Gasteiger partial charge >= 0.3 is 5.97 Å². The summed E-state index contributed by atoms with van der Waals surface area (Å²) in [5.74, 6) is -0.858. The molecule has 4 aliphatic rings. The second kappa shape index (κ2) is 5.54. The number of aromatic carboxylic acids is 1. The highest BCUT2D eigenvalue weighted by atomic mass is 32.2. The number of hydrogen-bond acceptors (Lipinski definition) is 5. The molecular formula is C15H16FN4O3S+. The number of carboxylic acid groups (broad SMARTS) is 1. The van der Waals surface area contributed by atoms with Crippen LogP contribution in [-0.2, 0) is 17.0 Å². The smallest absolute Gasteiger partial charge is 0.341 e. The Labute approximate surface area is 140 Å². The molecule has 1 atom stereocenters. The number of carboxylic acids is 1. The minimum atomic E-state index is -1.35. The minimum Gasteiger partial charge on any atom is -0.477 e. The fourth-order valence-corrected chi connectivity index (χ4v) is 5.20. The van der Waals surface area contributed by atoms with Crippen molar-refractivity contribution in [2.45, 2.75) is 10.9 Å². The maximum atomic E-state index is 14.6. The van der Waals surface area contributed by atoms with Crippen molar-refractivity contribution in [3.63, 3.8) is 0 Å². The van der Waals surface area contributed by atoms with Crippen LogP contribution in [0, 0.1) is 5.82 Å². The lowest BCUT2D eigenvalue weighted by Gasteiger charge is -2.35. The number of nitrogens with zero attached hydrogens (tertiary/aromatic N) is 4. The average molecular weight is 351 g/mol. The van der Waals surface area contributed by atoms with Crippen molar-refractivity contribution in [2.75, 3.05) is 33.2 Å². The quantitative estimate of drug-likeness (QED) is 0.784. The van der Waals surface area contributed by atoms with E-state index < -0.39 is 22.8 Å². The van der Waals surface area contributed by atoms with Crippen molar-refractivity contribution >= 4 is 17.1 Å². The number of hydrogen-bond donors (Lipinski definition) is 1. The predicted octanol–water partition coefficient (Wildman–Crippen LogP) is 0.296. The summed E-state index contributed by atoms with van der Waals surface area (Å²) >= 11 is -0.325. The summed E-state index contributed by atoms with van der Waals surface area (Å²) in [6.45, 7) is 3.66. The third-order valence-electron chi connectivity index (χ3n) is 4.50. The van der Waals surface area contributed by atoms with Crippen LogP contribution in [0.1, 0.15) is 10.4 Å². The number of rotatable bonds is 2. The van der Waals surface area contributed by atoms with Gasteiger partial charge in [-0.1, -0.05) is 0 Å². The molecule has 0 aromatic carbocycles. The number of piperazine rings is 1. The number of carbonyl (C=O) groups is 1. The topological polar surface area (TPSA) is 78.7 Å². The van der Waals surface area contributed by atoms with Crippen LogP contribution in [0.3, 0.4) is 0 Å². The lowest BCUT2D eigenvalue weighted by atomic mass is 10.1. The van der Waals surface area contributed by atoms with Crippen LogP contribution < -0.4 is 5.43 Å². The number of pyridine rings is 2. The second-order valence-corrected chi connectivity index (χ2v) is 7.89. The molecule has 4 heterocycles. The highest BCUT2D eigenvalue weighted by Gasteiger charge is 2.49. The SMILES string of the molecule is CN1CCN([S+]2Cn3c4ncc(C(=O)O)c(=O)c-4cc(F)c32)CC1. The number of aromatic nitrogens is 2. The highest BCUT2D eigenvalue weighted by molar-refractivity contribution is 7.94. The van der Waals surface area contributed by atoms with Gasteiger partial charge in [-0.2, -0.15) is 4.39 Å². The molecule has 1 saturated heterocycles. The van der Waals surface area contributed by atoms with E-state index in [1.807, 2.05) is 0 Å². The summed E-state index contributed by atoms with van der Waals surface area (Å²) in [7, 11) is 2.07. The zero-order valence-corrected chi connectivity index (χ0v) is 13.8. The molecule has 0 aliphatic carbocycles. The third kappa shape index (κ3) is 2.23. The van der Waals surface area contributed by atoms with Gasteiger partial charge in [-0.05, 0) is 13.1 Å². The minimum absolute atomic E-state index is 0.0257. The molecule has 7 nitrogen and oxygen atoms in total. The van der Waals surface area contributed by atoms with E-state index in [2.05, 4.69) is 21.2 Å². The van der Waals surface area contributed by atoms with E-state index in [1.165, 1.54) is 0 Å². The Hall–Kier alpha value is -1.97. The molecule has 1 N–H and O–H groups in total. The van der Waals surface area contributed by atoms with Crippen molar-refractivity contribution in [3.05, 3.63) is 33.9 Å². The highest BCUT2D eigenvalue weighted by Crippen LogP contribution is 2.37. The Morgan fingerprint density at radius 1 is 1.33 bits per heavy atom. The summed E-state index contributed by atoms with van der Waals surface area (Å²) in [4.78, 5) is 29.6. The zero-order valence-electron chi connectivity index (χ0n) is 13.0. The van der Waals surface area contributed by atoms with Crippen LogP contribution in [0.25, 0.3) is 11.4 Å². The number of likely N-dealkylation sites (N-methyl/N-ethyl adjacent to an activating group) is 1. The van der Waals surface area contributed by atoms with Gasteiger partial charge in [0.05, 0.1) is 18.7 Å². The molecule has 0 amide bonds. The predicted molar refractivity (Wildman–Crippen MR) is 86.7 cm³/mol. The van der Waals surface area contributed by atoms with Crippen LogP contribution in [0.5, 0.6) is 0 Å². The summed E-state index contributed by atoms with van der Waals surface area (Å²) in [6, 6.07) is 1.14. The van der Waals surface area contributed by atoms with Crippen LogP contribution >= 0.6 is 0 Å². The molecule has 126 valence electrons. The average Bonchev–Trinajstić information content (AvgIpc) is 2.50. The summed E-state index contributed by atoms with van der Waals surface area (Å²) in [5.41, 5.74) is -1.09. The summed E-state index contributed by atoms with van der Waals surface area (Å²) < 4.78 is 18.6. The maximum absolute atomic E-state index is 14.6. The van der Waals surface area contributed by atoms with E-state index >= 15 is 0 Å². The van der Waals surface area contributed by atoms with Gasteiger partial charge in [-0.15, -0.1) is 4.31 Å². The molecule has 9 heteroatoms. The third-order valence-corrected chi connectivity index (χ3v) is 6.85. The first-order valence-electron chi connectivity index (χ1n) is 7.57. The molecular weight excluding hydrogens is 335 g/mol. The van der Waals surface area contributed by atoms with Gasteiger partial charge in [-0.25, -0.2) is 14.3 Å². The molecule has 0 radical (unpaired) electrons. The Kier molecular flexibility index (Phi) is 3.59. The Morgan fingerprint density at radius 3 is 2.71 bits per heavy atom. The Bertz CT molecular complexity index is 863. The van der Waals surface area contributed by atoms with E-state index in [0.717, 1.165) is 38.4 Å². The molecule has 0 saturated carbocycles. The van der Waals surface area contributed by atoms with Gasteiger partial charge in [0.25, 0.3) is 5.03 Å². The molecule has 0 spiro atoms. The van der Waals surface area contributed by atoms with Gasteiger partial charge < -0.3 is 10.0 Å². The van der Waals surface area contributed by atoms with E-state index in [1.54, 1.807) is 4.57 Å². The van der Waals surface area contributed by atoms with Crippen LogP contribution in [-0.4, -0.2) is 63.1 Å². The van der Waals surface area contributed by atoms with E-state index in [0.29, 0.717) is 16.7 Å². The number of halogens is 1. The Balaban J connectivity index is 1.76. The number of fused-ring (bicyclic) bond motifs is 3. The molecule has 0 bridgehead atoms. The Morgan fingerprint density at radius 2 is 2.04 bits per heavy atom. The lowest BCUT2D eigenvalue weighted by Crippen LogP contribution is -2.52. The van der Waals surface area contributed by atoms with Gasteiger partial charge in [-0.3, -0.25) is 4.79 Å². The van der Waals surface area contributed by atoms with Crippen molar-refractivity contribution in [3.8, 4) is 11.4 Å². The fraction of sp³-hybridized carbons (Fsp3) is 0.400.